The molecule has 1 unspecified atom stereocenters. The van der Waals surface area contributed by atoms with Gasteiger partial charge in [0, 0.05) is 12.2 Å². The van der Waals surface area contributed by atoms with E-state index in [2.05, 4.69) is 41.4 Å². The monoisotopic (exact) mass is 334 g/mol. The van der Waals surface area contributed by atoms with Crippen LogP contribution in [0.3, 0.4) is 0 Å². The summed E-state index contributed by atoms with van der Waals surface area (Å²) in [6.45, 7) is 0.809. The Morgan fingerprint density at radius 2 is 2.00 bits per heavy atom. The number of hydrogen-bond donors (Lipinski definition) is 1. The van der Waals surface area contributed by atoms with Gasteiger partial charge in [-0.3, -0.25) is 0 Å². The molecule has 0 amide bonds. The number of nitrogens with one attached hydrogen (secondary N) is 1. The van der Waals surface area contributed by atoms with Gasteiger partial charge in [0.25, 0.3) is 0 Å². The maximum atomic E-state index is 5.85. The minimum Gasteiger partial charge on any atom is -0.494 e. The molecule has 1 N–H and O–H groups in total. The Bertz CT molecular complexity index is 878. The molecule has 25 heavy (non-hydrogen) atoms. The molecule has 1 atom stereocenters. The van der Waals surface area contributed by atoms with Crippen molar-refractivity contribution in [1.82, 2.24) is 9.97 Å². The van der Waals surface area contributed by atoms with Crippen LogP contribution in [-0.2, 0) is 4.74 Å². The van der Waals surface area contributed by atoms with E-state index in [0.29, 0.717) is 0 Å². The first kappa shape index (κ1) is 15.9. The first-order chi connectivity index (χ1) is 12.3. The predicted octanol–water partition coefficient (Wildman–Crippen LogP) is 4.98. The second kappa shape index (κ2) is 7.11. The summed E-state index contributed by atoms with van der Waals surface area (Å²) in [5.41, 5.74) is 4.02. The number of methoxy groups -OCH3 is 1. The Kier molecular flexibility index (Phi) is 4.53. The van der Waals surface area contributed by atoms with E-state index in [0.717, 1.165) is 53.2 Å². The molecule has 4 rings (SSSR count). The van der Waals surface area contributed by atoms with Gasteiger partial charge in [-0.2, -0.15) is 0 Å². The Hall–Kier alpha value is -2.59. The zero-order valence-corrected chi connectivity index (χ0v) is 14.4. The predicted molar refractivity (Wildman–Crippen MR) is 101 cm³/mol. The standard InChI is InChI=1S/C21H22N2O2/c1-24-20-16(11-10-15-7-3-2-4-8-15)12-13-17-19(20)23-21(22-17)18-9-5-6-14-25-18/h2-4,7-8,10-13,18H,5-6,9,14H2,1H3,(H,22,23). The Morgan fingerprint density at radius 3 is 2.76 bits per heavy atom. The number of rotatable bonds is 4. The number of imidazole rings is 1. The van der Waals surface area contributed by atoms with Gasteiger partial charge in [0.05, 0.1) is 12.6 Å². The fraction of sp³-hybridized carbons (Fsp3) is 0.286. The summed E-state index contributed by atoms with van der Waals surface area (Å²) in [5.74, 6) is 1.69. The molecule has 0 bridgehead atoms. The third-order valence-corrected chi connectivity index (χ3v) is 4.60. The zero-order valence-electron chi connectivity index (χ0n) is 14.4. The quantitative estimate of drug-likeness (QED) is 0.684. The largest absolute Gasteiger partial charge is 0.494 e. The van der Waals surface area contributed by atoms with Crippen molar-refractivity contribution in [3.63, 3.8) is 0 Å². The first-order valence-corrected chi connectivity index (χ1v) is 8.76. The van der Waals surface area contributed by atoms with Gasteiger partial charge in [-0.05, 0) is 37.0 Å². The number of benzene rings is 2. The third kappa shape index (κ3) is 3.30. The lowest BCUT2D eigenvalue weighted by molar-refractivity contribution is 0.0101. The molecular weight excluding hydrogens is 312 g/mol. The molecule has 0 aliphatic carbocycles. The summed E-state index contributed by atoms with van der Waals surface area (Å²) in [7, 11) is 1.69. The third-order valence-electron chi connectivity index (χ3n) is 4.60. The summed E-state index contributed by atoms with van der Waals surface area (Å²) in [4.78, 5) is 8.18. The van der Waals surface area contributed by atoms with E-state index in [9.17, 15) is 0 Å². The average molecular weight is 334 g/mol. The summed E-state index contributed by atoms with van der Waals surface area (Å²) in [5, 5.41) is 0. The van der Waals surface area contributed by atoms with Crippen LogP contribution in [0.25, 0.3) is 23.2 Å². The number of H-pyrrole nitrogens is 1. The van der Waals surface area contributed by atoms with Gasteiger partial charge in [0.1, 0.15) is 17.4 Å². The molecule has 128 valence electrons. The van der Waals surface area contributed by atoms with Gasteiger partial charge in [0.15, 0.2) is 5.75 Å². The Labute approximate surface area is 147 Å². The van der Waals surface area contributed by atoms with Crippen LogP contribution in [0, 0.1) is 0 Å². The van der Waals surface area contributed by atoms with Crippen LogP contribution >= 0.6 is 0 Å². The second-order valence-electron chi connectivity index (χ2n) is 6.31. The molecule has 1 aliphatic rings. The van der Waals surface area contributed by atoms with Crippen LogP contribution in [-0.4, -0.2) is 23.7 Å². The minimum atomic E-state index is 0.0640. The normalized spacial score (nSPS) is 18.0. The van der Waals surface area contributed by atoms with Crippen LogP contribution in [0.5, 0.6) is 5.75 Å². The van der Waals surface area contributed by atoms with Crippen molar-refractivity contribution in [2.24, 2.45) is 0 Å². The molecule has 4 nitrogen and oxygen atoms in total. The van der Waals surface area contributed by atoms with Crippen molar-refractivity contribution in [2.75, 3.05) is 13.7 Å². The first-order valence-electron chi connectivity index (χ1n) is 8.76. The number of ether oxygens (including phenoxy) is 2. The van der Waals surface area contributed by atoms with Crippen molar-refractivity contribution >= 4 is 23.2 Å². The maximum absolute atomic E-state index is 5.85. The van der Waals surface area contributed by atoms with E-state index in [4.69, 9.17) is 14.5 Å². The number of fused-ring (bicyclic) bond motifs is 1. The molecule has 0 saturated carbocycles. The van der Waals surface area contributed by atoms with Gasteiger partial charge in [-0.15, -0.1) is 0 Å². The molecule has 0 radical (unpaired) electrons. The fourth-order valence-electron chi connectivity index (χ4n) is 3.29. The van der Waals surface area contributed by atoms with Crippen LogP contribution in [0.1, 0.15) is 42.3 Å². The van der Waals surface area contributed by atoms with Crippen molar-refractivity contribution in [3.8, 4) is 5.75 Å². The van der Waals surface area contributed by atoms with E-state index in [1.165, 1.54) is 6.42 Å². The van der Waals surface area contributed by atoms with Gasteiger partial charge >= 0.3 is 0 Å². The molecule has 1 saturated heterocycles. The highest BCUT2D eigenvalue weighted by Gasteiger charge is 2.21. The highest BCUT2D eigenvalue weighted by molar-refractivity contribution is 5.88. The van der Waals surface area contributed by atoms with Crippen molar-refractivity contribution in [2.45, 2.75) is 25.4 Å². The smallest absolute Gasteiger partial charge is 0.153 e. The molecule has 1 fully saturated rings. The van der Waals surface area contributed by atoms with Gasteiger partial charge in [-0.25, -0.2) is 4.98 Å². The van der Waals surface area contributed by atoms with Crippen LogP contribution in [0.2, 0.25) is 0 Å². The lowest BCUT2D eigenvalue weighted by atomic mass is 10.1. The lowest BCUT2D eigenvalue weighted by Gasteiger charge is -2.20. The number of hydrogen-bond acceptors (Lipinski definition) is 3. The van der Waals surface area contributed by atoms with E-state index in [-0.39, 0.29) is 6.10 Å². The zero-order chi connectivity index (χ0) is 17.1. The van der Waals surface area contributed by atoms with Crippen LogP contribution in [0.15, 0.2) is 42.5 Å². The molecular formula is C21H22N2O2. The number of aromatic amines is 1. The molecule has 4 heteroatoms. The number of nitrogens with zero attached hydrogens (tertiary/aromatic N) is 1. The highest BCUT2D eigenvalue weighted by atomic mass is 16.5. The summed E-state index contributed by atoms with van der Waals surface area (Å²) < 4.78 is 11.5. The molecule has 2 aromatic carbocycles. The molecule has 0 spiro atoms. The molecule has 2 heterocycles. The molecule has 3 aromatic rings. The Morgan fingerprint density at radius 1 is 1.12 bits per heavy atom. The van der Waals surface area contributed by atoms with Gasteiger partial charge < -0.3 is 14.5 Å². The van der Waals surface area contributed by atoms with Crippen molar-refractivity contribution in [1.29, 1.82) is 0 Å². The average Bonchev–Trinajstić information content (AvgIpc) is 3.12. The summed E-state index contributed by atoms with van der Waals surface area (Å²) >= 11 is 0. The molecule has 1 aromatic heterocycles. The minimum absolute atomic E-state index is 0.0640. The maximum Gasteiger partial charge on any atom is 0.153 e. The van der Waals surface area contributed by atoms with E-state index < -0.39 is 0 Å². The van der Waals surface area contributed by atoms with Gasteiger partial charge in [-0.1, -0.05) is 42.5 Å². The second-order valence-corrected chi connectivity index (χ2v) is 6.31. The topological polar surface area (TPSA) is 47.1 Å². The van der Waals surface area contributed by atoms with E-state index in [1.807, 2.05) is 18.2 Å². The lowest BCUT2D eigenvalue weighted by Crippen LogP contribution is -2.12. The summed E-state index contributed by atoms with van der Waals surface area (Å²) in [6.07, 6.45) is 7.55. The van der Waals surface area contributed by atoms with E-state index in [1.54, 1.807) is 7.11 Å². The van der Waals surface area contributed by atoms with Crippen molar-refractivity contribution in [3.05, 3.63) is 59.4 Å². The number of aromatic nitrogens is 2. The molecule has 1 aliphatic heterocycles. The fourth-order valence-corrected chi connectivity index (χ4v) is 3.29. The van der Waals surface area contributed by atoms with Crippen LogP contribution < -0.4 is 4.74 Å². The van der Waals surface area contributed by atoms with Gasteiger partial charge in [0.2, 0.25) is 0 Å². The van der Waals surface area contributed by atoms with Crippen LogP contribution in [0.4, 0.5) is 0 Å². The SMILES string of the molecule is COc1c(C=Cc2ccccc2)ccc2[nH]c(C3CCCCO3)nc12. The highest BCUT2D eigenvalue weighted by Crippen LogP contribution is 2.33. The van der Waals surface area contributed by atoms with Crippen molar-refractivity contribution < 1.29 is 9.47 Å². The Balaban J connectivity index is 1.69. The van der Waals surface area contributed by atoms with E-state index >= 15 is 0 Å². The summed E-state index contributed by atoms with van der Waals surface area (Å²) in [6, 6.07) is 14.4.